The predicted molar refractivity (Wildman–Crippen MR) is 124 cm³/mol. The van der Waals surface area contributed by atoms with Crippen molar-refractivity contribution < 1.29 is 24.3 Å². The van der Waals surface area contributed by atoms with Gasteiger partial charge in [0.15, 0.2) is 0 Å². The molecule has 3 heterocycles. The lowest BCUT2D eigenvalue weighted by Crippen LogP contribution is -2.53. The Labute approximate surface area is 197 Å². The van der Waals surface area contributed by atoms with E-state index < -0.39 is 29.4 Å². The molecule has 3 amide bonds. The van der Waals surface area contributed by atoms with Gasteiger partial charge in [0.25, 0.3) is 0 Å². The molecule has 0 bridgehead atoms. The summed E-state index contributed by atoms with van der Waals surface area (Å²) in [7, 11) is 0. The second kappa shape index (κ2) is 8.06. The van der Waals surface area contributed by atoms with Crippen molar-refractivity contribution in [1.82, 2.24) is 10.2 Å². The summed E-state index contributed by atoms with van der Waals surface area (Å²) in [6.07, 6.45) is 0.500. The number of aliphatic carboxylic acids is 1. The van der Waals surface area contributed by atoms with Gasteiger partial charge in [-0.05, 0) is 43.4 Å². The molecule has 0 radical (unpaired) electrons. The first-order chi connectivity index (χ1) is 16.3. The van der Waals surface area contributed by atoms with Crippen molar-refractivity contribution in [2.24, 2.45) is 11.8 Å². The molecule has 3 aliphatic rings. The number of carbonyl (C=O) groups is 4. The molecule has 5 rings (SSSR count). The molecular formula is C26H27N3O5. The highest BCUT2D eigenvalue weighted by Crippen LogP contribution is 2.54. The minimum atomic E-state index is -1.39. The van der Waals surface area contributed by atoms with Crippen LogP contribution in [-0.4, -0.2) is 46.3 Å². The molecule has 34 heavy (non-hydrogen) atoms. The largest absolute Gasteiger partial charge is 0.481 e. The summed E-state index contributed by atoms with van der Waals surface area (Å²) in [6.45, 7) is 4.08. The molecule has 3 aliphatic heterocycles. The topological polar surface area (TPSA) is 116 Å². The van der Waals surface area contributed by atoms with Gasteiger partial charge in [-0.15, -0.1) is 0 Å². The first kappa shape index (κ1) is 22.3. The first-order valence-electron chi connectivity index (χ1n) is 11.6. The fraction of sp³-hybridized carbons (Fsp3) is 0.385. The number of nitrogens with one attached hydrogen (secondary N) is 2. The van der Waals surface area contributed by atoms with Gasteiger partial charge in [-0.3, -0.25) is 29.4 Å². The van der Waals surface area contributed by atoms with Gasteiger partial charge in [-0.2, -0.15) is 0 Å². The van der Waals surface area contributed by atoms with Crippen molar-refractivity contribution in [3.05, 3.63) is 64.7 Å². The standard InChI is InChI=1S/C26H27N3O5/c1-14-8-9-17-22(15(14)2)27-25(34)26(17)21-20(18(28-26)10-11-19(30)31)23(32)29(24(21)33)13-12-16-6-4-3-5-7-16/h3-9,18,20-21,28H,10-13H2,1-2H3,(H,27,34)(H,30,31)/t18-,20-,21-,26+/m1/s1. The molecule has 3 N–H and O–H groups in total. The van der Waals surface area contributed by atoms with Gasteiger partial charge in [0.1, 0.15) is 5.54 Å². The molecule has 176 valence electrons. The number of amides is 3. The summed E-state index contributed by atoms with van der Waals surface area (Å²) < 4.78 is 0. The Morgan fingerprint density at radius 3 is 2.50 bits per heavy atom. The number of hydrogen-bond acceptors (Lipinski definition) is 5. The maximum atomic E-state index is 13.7. The number of anilines is 1. The highest BCUT2D eigenvalue weighted by Gasteiger charge is 2.70. The number of benzene rings is 2. The van der Waals surface area contributed by atoms with Gasteiger partial charge in [0.05, 0.1) is 11.8 Å². The molecule has 2 aromatic carbocycles. The van der Waals surface area contributed by atoms with E-state index in [2.05, 4.69) is 10.6 Å². The molecule has 4 atom stereocenters. The van der Waals surface area contributed by atoms with Crippen LogP contribution in [0.15, 0.2) is 42.5 Å². The number of hydrogen-bond donors (Lipinski definition) is 3. The van der Waals surface area contributed by atoms with Crippen molar-refractivity contribution >= 4 is 29.4 Å². The number of likely N-dealkylation sites (tertiary alicyclic amines) is 1. The van der Waals surface area contributed by atoms with Crippen molar-refractivity contribution in [1.29, 1.82) is 0 Å². The van der Waals surface area contributed by atoms with Gasteiger partial charge in [-0.1, -0.05) is 42.5 Å². The third-order valence-corrected chi connectivity index (χ3v) is 7.65. The van der Waals surface area contributed by atoms with Gasteiger partial charge < -0.3 is 10.4 Å². The highest BCUT2D eigenvalue weighted by molar-refractivity contribution is 6.15. The second-order valence-corrected chi connectivity index (χ2v) is 9.44. The molecule has 0 unspecified atom stereocenters. The van der Waals surface area contributed by atoms with Crippen LogP contribution >= 0.6 is 0 Å². The number of carbonyl (C=O) groups excluding carboxylic acids is 3. The van der Waals surface area contributed by atoms with Crippen LogP contribution in [0, 0.1) is 25.7 Å². The third-order valence-electron chi connectivity index (χ3n) is 7.65. The Balaban J connectivity index is 1.55. The molecule has 8 heteroatoms. The van der Waals surface area contributed by atoms with Crippen molar-refractivity contribution in [3.8, 4) is 0 Å². The summed E-state index contributed by atoms with van der Waals surface area (Å²) in [5.41, 5.74) is 2.85. The van der Waals surface area contributed by atoms with Crippen LogP contribution in [0.2, 0.25) is 0 Å². The van der Waals surface area contributed by atoms with Crippen LogP contribution in [0.3, 0.4) is 0 Å². The Morgan fingerprint density at radius 1 is 1.06 bits per heavy atom. The Hall–Kier alpha value is -3.52. The molecule has 0 saturated carbocycles. The number of rotatable bonds is 6. The minimum Gasteiger partial charge on any atom is -0.481 e. The van der Waals surface area contributed by atoms with E-state index in [1.54, 1.807) is 0 Å². The molecule has 2 fully saturated rings. The van der Waals surface area contributed by atoms with Crippen LogP contribution in [0.5, 0.6) is 0 Å². The van der Waals surface area contributed by atoms with Gasteiger partial charge >= 0.3 is 5.97 Å². The summed E-state index contributed by atoms with van der Waals surface area (Å²) in [5.74, 6) is -3.78. The van der Waals surface area contributed by atoms with E-state index in [4.69, 9.17) is 0 Å². The molecule has 1 spiro atoms. The van der Waals surface area contributed by atoms with E-state index in [1.807, 2.05) is 56.3 Å². The molecule has 2 aromatic rings. The lowest BCUT2D eigenvalue weighted by molar-refractivity contribution is -0.143. The van der Waals surface area contributed by atoms with Gasteiger partial charge in [0.2, 0.25) is 17.7 Å². The number of carboxylic acid groups (broad SMARTS) is 1. The van der Waals surface area contributed by atoms with E-state index in [9.17, 15) is 24.3 Å². The van der Waals surface area contributed by atoms with Gasteiger partial charge in [-0.25, -0.2) is 0 Å². The van der Waals surface area contributed by atoms with Crippen molar-refractivity contribution in [3.63, 3.8) is 0 Å². The van der Waals surface area contributed by atoms with Crippen molar-refractivity contribution in [2.75, 3.05) is 11.9 Å². The zero-order valence-electron chi connectivity index (χ0n) is 19.1. The molecule has 0 aromatic heterocycles. The fourth-order valence-corrected chi connectivity index (χ4v) is 5.81. The van der Waals surface area contributed by atoms with Crippen LogP contribution in [0.1, 0.15) is 35.1 Å². The normalized spacial score (nSPS) is 27.3. The summed E-state index contributed by atoms with van der Waals surface area (Å²) in [5, 5.41) is 15.5. The number of carboxylic acids is 1. The zero-order chi connectivity index (χ0) is 24.2. The summed E-state index contributed by atoms with van der Waals surface area (Å²) >= 11 is 0. The second-order valence-electron chi connectivity index (χ2n) is 9.44. The smallest absolute Gasteiger partial charge is 0.303 e. The minimum absolute atomic E-state index is 0.150. The maximum Gasteiger partial charge on any atom is 0.303 e. The van der Waals surface area contributed by atoms with Crippen molar-refractivity contribution in [2.45, 2.75) is 44.7 Å². The zero-order valence-corrected chi connectivity index (χ0v) is 19.1. The lowest BCUT2D eigenvalue weighted by Gasteiger charge is -2.29. The van der Waals surface area contributed by atoms with Crippen LogP contribution in [0.4, 0.5) is 5.69 Å². The van der Waals surface area contributed by atoms with E-state index >= 15 is 0 Å². The van der Waals surface area contributed by atoms with E-state index in [0.717, 1.165) is 16.7 Å². The number of fused-ring (bicyclic) bond motifs is 4. The highest BCUT2D eigenvalue weighted by atomic mass is 16.4. The van der Waals surface area contributed by atoms with Crippen LogP contribution < -0.4 is 10.6 Å². The number of nitrogens with zero attached hydrogens (tertiary/aromatic N) is 1. The number of aryl methyl sites for hydroxylation is 1. The molecule has 0 aliphatic carbocycles. The predicted octanol–water partition coefficient (Wildman–Crippen LogP) is 2.13. The molecule has 8 nitrogen and oxygen atoms in total. The molecule has 2 saturated heterocycles. The SMILES string of the molecule is Cc1ccc2c(c1C)NC(=O)[C@]21N[C@H](CCC(=O)O)[C@H]2C(=O)N(CCc3ccccc3)C(=O)[C@@H]21. The number of imide groups is 1. The van der Waals surface area contributed by atoms with E-state index in [-0.39, 0.29) is 37.1 Å². The first-order valence-corrected chi connectivity index (χ1v) is 11.6. The lowest BCUT2D eigenvalue weighted by atomic mass is 9.76. The Morgan fingerprint density at radius 2 is 1.79 bits per heavy atom. The Bertz CT molecular complexity index is 1210. The average Bonchev–Trinajstić information content (AvgIpc) is 3.39. The summed E-state index contributed by atoms with van der Waals surface area (Å²) in [6, 6.07) is 12.7. The fourth-order valence-electron chi connectivity index (χ4n) is 5.81. The maximum absolute atomic E-state index is 13.7. The van der Waals surface area contributed by atoms with Crippen LogP contribution in [-0.2, 0) is 31.1 Å². The van der Waals surface area contributed by atoms with Gasteiger partial charge in [0, 0.05) is 30.3 Å². The Kier molecular flexibility index (Phi) is 5.28. The van der Waals surface area contributed by atoms with E-state index in [1.165, 1.54) is 4.90 Å². The quantitative estimate of drug-likeness (QED) is 0.568. The summed E-state index contributed by atoms with van der Waals surface area (Å²) in [4.78, 5) is 53.4. The molecular weight excluding hydrogens is 434 g/mol. The average molecular weight is 462 g/mol. The monoisotopic (exact) mass is 461 g/mol. The van der Waals surface area contributed by atoms with E-state index in [0.29, 0.717) is 17.7 Å². The third kappa shape index (κ3) is 3.16. The van der Waals surface area contributed by atoms with Crippen LogP contribution in [0.25, 0.3) is 0 Å².